The molecule has 0 spiro atoms. The largest absolute Gasteiger partial charge is 0.356 e. The third-order valence-electron chi connectivity index (χ3n) is 5.18. The van der Waals surface area contributed by atoms with E-state index >= 15 is 0 Å². The molecular weight excluding hydrogens is 266 g/mol. The summed E-state index contributed by atoms with van der Waals surface area (Å²) in [5.74, 6) is 1.24. The number of piperidine rings is 1. The smallest absolute Gasteiger partial charge is 0.227 e. The van der Waals surface area contributed by atoms with Crippen LogP contribution in [0.15, 0.2) is 0 Å². The molecule has 0 aromatic heterocycles. The second-order valence-corrected chi connectivity index (χ2v) is 6.80. The fourth-order valence-corrected chi connectivity index (χ4v) is 3.61. The predicted molar refractivity (Wildman–Crippen MR) is 82.5 cm³/mol. The van der Waals surface area contributed by atoms with Crippen LogP contribution < -0.4 is 11.1 Å². The first-order chi connectivity index (χ1) is 9.99. The molecular formula is C16H29N3O2. The van der Waals surface area contributed by atoms with E-state index in [1.54, 1.807) is 6.92 Å². The normalized spacial score (nSPS) is 31.0. The van der Waals surface area contributed by atoms with E-state index in [1.807, 2.05) is 4.90 Å². The molecule has 1 saturated heterocycles. The van der Waals surface area contributed by atoms with Crippen molar-refractivity contribution >= 4 is 11.8 Å². The summed E-state index contributed by atoms with van der Waals surface area (Å²) in [4.78, 5) is 25.6. The van der Waals surface area contributed by atoms with Crippen LogP contribution in [0.4, 0.5) is 0 Å². The van der Waals surface area contributed by atoms with Crippen LogP contribution in [0.3, 0.4) is 0 Å². The molecule has 0 bridgehead atoms. The lowest BCUT2D eigenvalue weighted by Crippen LogP contribution is -2.51. The number of likely N-dealkylation sites (tertiary alicyclic amines) is 1. The van der Waals surface area contributed by atoms with Gasteiger partial charge in [-0.3, -0.25) is 9.59 Å². The Balaban J connectivity index is 1.81. The van der Waals surface area contributed by atoms with Crippen LogP contribution in [-0.4, -0.2) is 42.4 Å². The van der Waals surface area contributed by atoms with Gasteiger partial charge in [-0.25, -0.2) is 0 Å². The van der Waals surface area contributed by atoms with Crippen molar-refractivity contribution in [1.82, 2.24) is 10.2 Å². The van der Waals surface area contributed by atoms with Crippen molar-refractivity contribution in [2.45, 2.75) is 52.0 Å². The SMILES string of the molecule is CC(=O)NCC1CCN(C(=O)C2CCCC(C)C2N)CC1. The van der Waals surface area contributed by atoms with Gasteiger partial charge in [0, 0.05) is 32.6 Å². The molecule has 0 aromatic carbocycles. The zero-order valence-electron chi connectivity index (χ0n) is 13.3. The van der Waals surface area contributed by atoms with Crippen LogP contribution in [0.25, 0.3) is 0 Å². The number of hydrogen-bond acceptors (Lipinski definition) is 3. The molecule has 2 amide bonds. The molecule has 1 aliphatic carbocycles. The number of carbonyl (C=O) groups is 2. The molecule has 0 aromatic rings. The van der Waals surface area contributed by atoms with Crippen molar-refractivity contribution in [1.29, 1.82) is 0 Å². The van der Waals surface area contributed by atoms with Crippen LogP contribution >= 0.6 is 0 Å². The second kappa shape index (κ2) is 7.25. The molecule has 5 nitrogen and oxygen atoms in total. The van der Waals surface area contributed by atoms with E-state index in [0.29, 0.717) is 11.8 Å². The molecule has 2 fully saturated rings. The number of hydrogen-bond donors (Lipinski definition) is 2. The lowest BCUT2D eigenvalue weighted by Gasteiger charge is -2.39. The third-order valence-corrected chi connectivity index (χ3v) is 5.18. The van der Waals surface area contributed by atoms with Crippen molar-refractivity contribution in [3.05, 3.63) is 0 Å². The quantitative estimate of drug-likeness (QED) is 0.819. The first-order valence-corrected chi connectivity index (χ1v) is 8.28. The van der Waals surface area contributed by atoms with E-state index in [0.717, 1.165) is 51.7 Å². The summed E-state index contributed by atoms with van der Waals surface area (Å²) < 4.78 is 0. The van der Waals surface area contributed by atoms with Gasteiger partial charge in [0.05, 0.1) is 5.92 Å². The molecule has 120 valence electrons. The van der Waals surface area contributed by atoms with Gasteiger partial charge in [-0.15, -0.1) is 0 Å². The highest BCUT2D eigenvalue weighted by Gasteiger charge is 2.36. The summed E-state index contributed by atoms with van der Waals surface area (Å²) in [6.07, 6.45) is 5.15. The minimum absolute atomic E-state index is 0.0145. The number of nitrogens with two attached hydrogens (primary N) is 1. The minimum atomic E-state index is 0.0145. The highest BCUT2D eigenvalue weighted by atomic mass is 16.2. The average Bonchev–Trinajstić information content (AvgIpc) is 2.48. The van der Waals surface area contributed by atoms with Gasteiger partial charge in [-0.2, -0.15) is 0 Å². The van der Waals surface area contributed by atoms with Gasteiger partial charge in [0.25, 0.3) is 0 Å². The van der Waals surface area contributed by atoms with Crippen molar-refractivity contribution in [3.63, 3.8) is 0 Å². The third kappa shape index (κ3) is 4.19. The zero-order chi connectivity index (χ0) is 15.4. The number of amides is 2. The van der Waals surface area contributed by atoms with Crippen LogP contribution in [0.5, 0.6) is 0 Å². The topological polar surface area (TPSA) is 75.4 Å². The highest BCUT2D eigenvalue weighted by Crippen LogP contribution is 2.30. The van der Waals surface area contributed by atoms with E-state index < -0.39 is 0 Å². The summed E-state index contributed by atoms with van der Waals surface area (Å²) in [6.45, 7) is 6.05. The zero-order valence-corrected chi connectivity index (χ0v) is 13.3. The van der Waals surface area contributed by atoms with Gasteiger partial charge in [-0.1, -0.05) is 13.3 Å². The van der Waals surface area contributed by atoms with E-state index in [-0.39, 0.29) is 23.8 Å². The Hall–Kier alpha value is -1.10. The monoisotopic (exact) mass is 295 g/mol. The summed E-state index contributed by atoms with van der Waals surface area (Å²) in [5.41, 5.74) is 6.24. The maximum atomic E-state index is 12.7. The highest BCUT2D eigenvalue weighted by molar-refractivity contribution is 5.79. The Morgan fingerprint density at radius 2 is 1.86 bits per heavy atom. The summed E-state index contributed by atoms with van der Waals surface area (Å²) >= 11 is 0. The van der Waals surface area contributed by atoms with E-state index in [4.69, 9.17) is 5.73 Å². The molecule has 0 radical (unpaired) electrons. The van der Waals surface area contributed by atoms with Crippen LogP contribution in [0.2, 0.25) is 0 Å². The number of rotatable bonds is 3. The van der Waals surface area contributed by atoms with Crippen molar-refractivity contribution < 1.29 is 9.59 Å². The molecule has 5 heteroatoms. The standard InChI is InChI=1S/C16H29N3O2/c1-11-4-3-5-14(15(11)17)16(21)19-8-6-13(7-9-19)10-18-12(2)20/h11,13-15H,3-10,17H2,1-2H3,(H,18,20). The molecule has 3 unspecified atom stereocenters. The second-order valence-electron chi connectivity index (χ2n) is 6.80. The molecule has 2 aliphatic rings. The maximum Gasteiger partial charge on any atom is 0.227 e. The fourth-order valence-electron chi connectivity index (χ4n) is 3.61. The van der Waals surface area contributed by atoms with Crippen molar-refractivity contribution in [3.8, 4) is 0 Å². The molecule has 1 heterocycles. The lowest BCUT2D eigenvalue weighted by atomic mass is 9.77. The Morgan fingerprint density at radius 3 is 2.48 bits per heavy atom. The van der Waals surface area contributed by atoms with Crippen LogP contribution in [0, 0.1) is 17.8 Å². The Labute approximate surface area is 127 Å². The minimum Gasteiger partial charge on any atom is -0.356 e. The number of nitrogens with one attached hydrogen (secondary N) is 1. The lowest BCUT2D eigenvalue weighted by molar-refractivity contribution is -0.139. The van der Waals surface area contributed by atoms with Crippen LogP contribution in [-0.2, 0) is 9.59 Å². The Bertz CT molecular complexity index is 378. The first kappa shape index (κ1) is 16.3. The van der Waals surface area contributed by atoms with Gasteiger partial charge >= 0.3 is 0 Å². The number of carbonyl (C=O) groups excluding carboxylic acids is 2. The number of nitrogens with zero attached hydrogens (tertiary/aromatic N) is 1. The van der Waals surface area contributed by atoms with E-state index in [2.05, 4.69) is 12.2 Å². The summed E-state index contributed by atoms with van der Waals surface area (Å²) in [7, 11) is 0. The Kier molecular flexibility index (Phi) is 5.62. The van der Waals surface area contributed by atoms with E-state index in [9.17, 15) is 9.59 Å². The van der Waals surface area contributed by atoms with Gasteiger partial charge < -0.3 is 16.0 Å². The predicted octanol–water partition coefficient (Wildman–Crippen LogP) is 1.12. The summed E-state index contributed by atoms with van der Waals surface area (Å²) in [6, 6.07) is 0.0170. The fraction of sp³-hybridized carbons (Fsp3) is 0.875. The van der Waals surface area contributed by atoms with E-state index in [1.165, 1.54) is 0 Å². The summed E-state index contributed by atoms with van der Waals surface area (Å²) in [5, 5.41) is 2.87. The molecule has 21 heavy (non-hydrogen) atoms. The van der Waals surface area contributed by atoms with Gasteiger partial charge in [0.1, 0.15) is 0 Å². The van der Waals surface area contributed by atoms with Gasteiger partial charge in [-0.05, 0) is 37.5 Å². The first-order valence-electron chi connectivity index (χ1n) is 8.28. The maximum absolute atomic E-state index is 12.7. The molecule has 1 saturated carbocycles. The van der Waals surface area contributed by atoms with Gasteiger partial charge in [0.2, 0.25) is 11.8 Å². The van der Waals surface area contributed by atoms with Crippen molar-refractivity contribution in [2.75, 3.05) is 19.6 Å². The van der Waals surface area contributed by atoms with Gasteiger partial charge in [0.15, 0.2) is 0 Å². The average molecular weight is 295 g/mol. The molecule has 2 rings (SSSR count). The molecule has 3 N–H and O–H groups in total. The molecule has 1 aliphatic heterocycles. The van der Waals surface area contributed by atoms with Crippen molar-refractivity contribution in [2.24, 2.45) is 23.5 Å². The Morgan fingerprint density at radius 1 is 1.19 bits per heavy atom. The van der Waals surface area contributed by atoms with Crippen LogP contribution in [0.1, 0.15) is 46.0 Å². The molecule has 3 atom stereocenters.